The average molecular weight is 420 g/mol. The monoisotopic (exact) mass is 417 g/mol. The highest BCUT2D eigenvalue weighted by molar-refractivity contribution is 9.11. The van der Waals surface area contributed by atoms with Crippen LogP contribution in [0.25, 0.3) is 0 Å². The molecule has 0 aliphatic heterocycles. The van der Waals surface area contributed by atoms with Gasteiger partial charge in [-0.1, -0.05) is 11.6 Å². The van der Waals surface area contributed by atoms with Crippen molar-refractivity contribution in [2.75, 3.05) is 11.1 Å². The van der Waals surface area contributed by atoms with E-state index < -0.39 is 5.91 Å². The van der Waals surface area contributed by atoms with Crippen LogP contribution in [0.3, 0.4) is 0 Å². The first kappa shape index (κ1) is 15.3. The molecule has 0 fully saturated rings. The van der Waals surface area contributed by atoms with Gasteiger partial charge in [0.25, 0.3) is 5.91 Å². The van der Waals surface area contributed by atoms with Crippen molar-refractivity contribution in [3.05, 3.63) is 49.5 Å². The van der Waals surface area contributed by atoms with Crippen LogP contribution >= 0.6 is 43.5 Å². The van der Waals surface area contributed by atoms with Gasteiger partial charge >= 0.3 is 0 Å². The molecule has 3 N–H and O–H groups in total. The summed E-state index contributed by atoms with van der Waals surface area (Å²) in [6.45, 7) is 1.96. The van der Waals surface area contributed by atoms with Crippen molar-refractivity contribution in [1.29, 1.82) is 0 Å². The van der Waals surface area contributed by atoms with Crippen LogP contribution in [0.4, 0.5) is 11.5 Å². The van der Waals surface area contributed by atoms with Crippen molar-refractivity contribution in [2.45, 2.75) is 6.92 Å². The number of benzene rings is 1. The Morgan fingerprint density at radius 1 is 1.30 bits per heavy atom. The van der Waals surface area contributed by atoms with E-state index in [1.807, 2.05) is 19.1 Å². The second-order valence-electron chi connectivity index (χ2n) is 4.12. The standard InChI is InChI=1S/C13H10Br2ClN3O/c1-6-4-7(14)11(8(15)5-6)19-13(20)12-9(16)2-3-10(17)18-12/h2-5H,1H3,(H2,17,18)(H,19,20). The minimum Gasteiger partial charge on any atom is -0.384 e. The topological polar surface area (TPSA) is 68.0 Å². The summed E-state index contributed by atoms with van der Waals surface area (Å²) in [7, 11) is 0. The molecular formula is C13H10Br2ClN3O. The van der Waals surface area contributed by atoms with Crippen LogP contribution in [0.2, 0.25) is 5.02 Å². The molecule has 7 heteroatoms. The van der Waals surface area contributed by atoms with Gasteiger partial charge in [0.1, 0.15) is 11.5 Å². The largest absolute Gasteiger partial charge is 0.384 e. The smallest absolute Gasteiger partial charge is 0.275 e. The Kier molecular flexibility index (Phi) is 4.67. The molecule has 1 aromatic carbocycles. The van der Waals surface area contributed by atoms with Crippen LogP contribution in [0, 0.1) is 6.92 Å². The highest BCUT2D eigenvalue weighted by Crippen LogP contribution is 2.33. The first-order chi connectivity index (χ1) is 9.38. The van der Waals surface area contributed by atoms with Gasteiger partial charge < -0.3 is 11.1 Å². The first-order valence-corrected chi connectivity index (χ1v) is 7.54. The van der Waals surface area contributed by atoms with Gasteiger partial charge in [-0.15, -0.1) is 0 Å². The zero-order valence-corrected chi connectivity index (χ0v) is 14.3. The maximum Gasteiger partial charge on any atom is 0.275 e. The van der Waals surface area contributed by atoms with Gasteiger partial charge in [0.05, 0.1) is 10.7 Å². The molecule has 4 nitrogen and oxygen atoms in total. The Labute approximate surface area is 138 Å². The number of amides is 1. The van der Waals surface area contributed by atoms with Gasteiger partial charge in [-0.05, 0) is 68.6 Å². The number of carbonyl (C=O) groups excluding carboxylic acids is 1. The molecule has 0 saturated carbocycles. The second-order valence-corrected chi connectivity index (χ2v) is 6.24. The molecular weight excluding hydrogens is 409 g/mol. The van der Waals surface area contributed by atoms with Crippen molar-refractivity contribution in [3.63, 3.8) is 0 Å². The number of nitrogens with zero attached hydrogens (tertiary/aromatic N) is 1. The Balaban J connectivity index is 2.35. The molecule has 0 aliphatic carbocycles. The Morgan fingerprint density at radius 2 is 1.90 bits per heavy atom. The molecule has 2 aromatic rings. The molecule has 0 spiro atoms. The molecule has 1 aromatic heterocycles. The number of nitrogens with two attached hydrogens (primary N) is 1. The lowest BCUT2D eigenvalue weighted by Crippen LogP contribution is -2.16. The quantitative estimate of drug-likeness (QED) is 0.758. The van der Waals surface area contributed by atoms with E-state index in [4.69, 9.17) is 17.3 Å². The minimum atomic E-state index is -0.424. The number of carbonyl (C=O) groups is 1. The highest BCUT2D eigenvalue weighted by atomic mass is 79.9. The van der Waals surface area contributed by atoms with Crippen molar-refractivity contribution in [2.24, 2.45) is 0 Å². The lowest BCUT2D eigenvalue weighted by atomic mass is 10.2. The van der Waals surface area contributed by atoms with E-state index in [1.54, 1.807) is 0 Å². The SMILES string of the molecule is Cc1cc(Br)c(NC(=O)c2nc(N)ccc2Cl)c(Br)c1. The maximum atomic E-state index is 12.2. The Hall–Kier alpha value is -1.11. The summed E-state index contributed by atoms with van der Waals surface area (Å²) in [5.74, 6) is -0.186. The predicted molar refractivity (Wildman–Crippen MR) is 88.2 cm³/mol. The number of nitrogens with one attached hydrogen (secondary N) is 1. The molecule has 20 heavy (non-hydrogen) atoms. The zero-order chi connectivity index (χ0) is 14.9. The van der Waals surface area contributed by atoms with Gasteiger partial charge in [0.15, 0.2) is 0 Å². The van der Waals surface area contributed by atoms with Crippen LogP contribution in [0.1, 0.15) is 16.1 Å². The maximum absolute atomic E-state index is 12.2. The molecule has 0 aliphatic rings. The molecule has 0 atom stereocenters. The van der Waals surface area contributed by atoms with Crippen LogP contribution < -0.4 is 11.1 Å². The van der Waals surface area contributed by atoms with E-state index in [0.29, 0.717) is 5.69 Å². The van der Waals surface area contributed by atoms with Crippen LogP contribution in [-0.4, -0.2) is 10.9 Å². The molecule has 104 valence electrons. The average Bonchev–Trinajstić information content (AvgIpc) is 2.36. The van der Waals surface area contributed by atoms with Crippen molar-refractivity contribution >= 4 is 60.9 Å². The van der Waals surface area contributed by atoms with Crippen LogP contribution in [0.15, 0.2) is 33.2 Å². The number of anilines is 2. The van der Waals surface area contributed by atoms with Gasteiger partial charge in [-0.2, -0.15) is 0 Å². The summed E-state index contributed by atoms with van der Waals surface area (Å²) in [4.78, 5) is 16.2. The third-order valence-electron chi connectivity index (χ3n) is 2.51. The molecule has 0 radical (unpaired) electrons. The minimum absolute atomic E-state index is 0.0889. The molecule has 2 rings (SSSR count). The number of nitrogen functional groups attached to an aromatic ring is 1. The van der Waals surface area contributed by atoms with E-state index in [0.717, 1.165) is 14.5 Å². The molecule has 0 bridgehead atoms. The summed E-state index contributed by atoms with van der Waals surface area (Å²) < 4.78 is 1.52. The fraction of sp³-hybridized carbons (Fsp3) is 0.0769. The first-order valence-electron chi connectivity index (χ1n) is 5.57. The number of rotatable bonds is 2. The van der Waals surface area contributed by atoms with Gasteiger partial charge in [-0.25, -0.2) is 4.98 Å². The fourth-order valence-corrected chi connectivity index (χ4v) is 3.41. The zero-order valence-electron chi connectivity index (χ0n) is 10.4. The van der Waals surface area contributed by atoms with E-state index >= 15 is 0 Å². The van der Waals surface area contributed by atoms with E-state index in [2.05, 4.69) is 42.2 Å². The number of aryl methyl sites for hydroxylation is 1. The van der Waals surface area contributed by atoms with E-state index in [1.165, 1.54) is 12.1 Å². The van der Waals surface area contributed by atoms with Crippen LogP contribution in [0.5, 0.6) is 0 Å². The molecule has 1 heterocycles. The molecule has 0 unspecified atom stereocenters. The third kappa shape index (κ3) is 3.31. The summed E-state index contributed by atoms with van der Waals surface area (Å²) >= 11 is 12.8. The predicted octanol–water partition coefficient (Wildman–Crippen LogP) is 4.40. The fourth-order valence-electron chi connectivity index (χ4n) is 1.61. The second kappa shape index (κ2) is 6.11. The van der Waals surface area contributed by atoms with Crippen molar-refractivity contribution in [1.82, 2.24) is 4.98 Å². The Morgan fingerprint density at radius 3 is 2.50 bits per heavy atom. The number of pyridine rings is 1. The normalized spacial score (nSPS) is 10.4. The number of hydrogen-bond donors (Lipinski definition) is 2. The summed E-state index contributed by atoms with van der Waals surface area (Å²) in [5.41, 5.74) is 7.33. The lowest BCUT2D eigenvalue weighted by molar-refractivity contribution is 0.102. The lowest BCUT2D eigenvalue weighted by Gasteiger charge is -2.11. The number of aromatic nitrogens is 1. The molecule has 0 saturated heterocycles. The van der Waals surface area contributed by atoms with Gasteiger partial charge in [-0.3, -0.25) is 4.79 Å². The summed E-state index contributed by atoms with van der Waals surface area (Å²) in [5, 5.41) is 3.00. The van der Waals surface area contributed by atoms with E-state index in [9.17, 15) is 4.79 Å². The van der Waals surface area contributed by atoms with Crippen LogP contribution in [-0.2, 0) is 0 Å². The third-order valence-corrected chi connectivity index (χ3v) is 4.06. The van der Waals surface area contributed by atoms with Crippen molar-refractivity contribution in [3.8, 4) is 0 Å². The summed E-state index contributed by atoms with van der Waals surface area (Å²) in [6.07, 6.45) is 0. The molecule has 1 amide bonds. The number of halogens is 3. The number of hydrogen-bond acceptors (Lipinski definition) is 3. The Bertz CT molecular complexity index is 668. The highest BCUT2D eigenvalue weighted by Gasteiger charge is 2.16. The van der Waals surface area contributed by atoms with Gasteiger partial charge in [0, 0.05) is 8.95 Å². The van der Waals surface area contributed by atoms with Gasteiger partial charge in [0.2, 0.25) is 0 Å². The summed E-state index contributed by atoms with van der Waals surface area (Å²) in [6, 6.07) is 6.87. The van der Waals surface area contributed by atoms with Crippen molar-refractivity contribution < 1.29 is 4.79 Å². The van der Waals surface area contributed by atoms with E-state index in [-0.39, 0.29) is 16.5 Å².